The fourth-order valence-corrected chi connectivity index (χ4v) is 4.99. The third kappa shape index (κ3) is 8.98. The molecular formula is C24H37N3O5S. The van der Waals surface area contributed by atoms with Crippen molar-refractivity contribution in [3.63, 3.8) is 0 Å². The lowest BCUT2D eigenvalue weighted by Crippen LogP contribution is -2.54. The van der Waals surface area contributed by atoms with Crippen molar-refractivity contribution in [2.45, 2.75) is 75.3 Å². The first kappa shape index (κ1) is 27.1. The molecule has 9 heteroatoms. The smallest absolute Gasteiger partial charge is 0.323 e. The number of unbranched alkanes of at least 4 members (excludes halogenated alkanes) is 6. The summed E-state index contributed by atoms with van der Waals surface area (Å²) in [6.07, 6.45) is 8.06. The van der Waals surface area contributed by atoms with Crippen LogP contribution in [0.4, 0.5) is 5.69 Å². The summed E-state index contributed by atoms with van der Waals surface area (Å²) in [5, 5.41) is 12.6. The number of rotatable bonds is 15. The molecule has 0 saturated carbocycles. The maximum Gasteiger partial charge on any atom is 0.323 e. The maximum absolute atomic E-state index is 13.3. The van der Waals surface area contributed by atoms with Crippen LogP contribution >= 0.6 is 11.8 Å². The summed E-state index contributed by atoms with van der Waals surface area (Å²) in [5.74, 6) is -1.39. The van der Waals surface area contributed by atoms with Crippen LogP contribution in [0.1, 0.15) is 58.3 Å². The van der Waals surface area contributed by atoms with Gasteiger partial charge in [-0.15, -0.1) is 11.8 Å². The molecule has 0 spiro atoms. The Bertz CT molecular complexity index is 776. The minimum atomic E-state index is -1.09. The second-order valence-electron chi connectivity index (χ2n) is 8.17. The molecule has 2 rings (SSSR count). The van der Waals surface area contributed by atoms with Crippen LogP contribution in [0, 0.1) is 0 Å². The summed E-state index contributed by atoms with van der Waals surface area (Å²) in [6.45, 7) is 2.33. The zero-order valence-corrected chi connectivity index (χ0v) is 20.3. The fraction of sp³-hybridized carbons (Fsp3) is 0.625. The number of carboxylic acids is 1. The number of ether oxygens (including phenoxy) is 1. The number of nitrogens with one attached hydrogen (secondary N) is 1. The van der Waals surface area contributed by atoms with E-state index in [9.17, 15) is 19.5 Å². The molecule has 184 valence electrons. The number of aliphatic carboxylic acids is 1. The number of carbonyl (C=O) groups excluding carboxylic acids is 2. The van der Waals surface area contributed by atoms with Gasteiger partial charge in [-0.3, -0.25) is 24.6 Å². The number of anilines is 1. The zero-order valence-electron chi connectivity index (χ0n) is 19.5. The van der Waals surface area contributed by atoms with E-state index in [1.807, 2.05) is 12.1 Å². The van der Waals surface area contributed by atoms with E-state index < -0.39 is 24.6 Å². The van der Waals surface area contributed by atoms with Gasteiger partial charge in [-0.1, -0.05) is 50.7 Å². The van der Waals surface area contributed by atoms with Gasteiger partial charge >= 0.3 is 11.9 Å². The van der Waals surface area contributed by atoms with Crippen molar-refractivity contribution < 1.29 is 24.2 Å². The second kappa shape index (κ2) is 14.9. The number of thioether (sulfide) groups is 1. The average molecular weight is 480 g/mol. The SMILES string of the molecule is CCOC(=O)C(CCCCCCCCCN)N[C@H]1CSc2ccccc2N(CC(=O)O)C1=O. The quantitative estimate of drug-likeness (QED) is 0.259. The van der Waals surface area contributed by atoms with Gasteiger partial charge in [-0.2, -0.15) is 0 Å². The van der Waals surface area contributed by atoms with E-state index in [1.165, 1.54) is 23.1 Å². The summed E-state index contributed by atoms with van der Waals surface area (Å²) in [7, 11) is 0. The van der Waals surface area contributed by atoms with Crippen LogP contribution in [0.15, 0.2) is 29.2 Å². The first-order valence-electron chi connectivity index (χ1n) is 11.9. The number of hydrogen-bond donors (Lipinski definition) is 3. The minimum absolute atomic E-state index is 0.266. The van der Waals surface area contributed by atoms with Gasteiger partial charge in [0.15, 0.2) is 0 Å². The van der Waals surface area contributed by atoms with Gasteiger partial charge in [-0.05, 0) is 38.4 Å². The Hall–Kier alpha value is -2.10. The molecule has 1 amide bonds. The molecule has 0 bridgehead atoms. The van der Waals surface area contributed by atoms with Gasteiger partial charge in [0.1, 0.15) is 12.6 Å². The number of benzene rings is 1. The average Bonchev–Trinajstić information content (AvgIpc) is 2.92. The number of para-hydroxylation sites is 1. The van der Waals surface area contributed by atoms with E-state index in [2.05, 4.69) is 5.32 Å². The molecule has 2 atom stereocenters. The predicted octanol–water partition coefficient (Wildman–Crippen LogP) is 3.18. The molecule has 8 nitrogen and oxygen atoms in total. The topological polar surface area (TPSA) is 122 Å². The van der Waals surface area contributed by atoms with Crippen molar-refractivity contribution in [1.29, 1.82) is 0 Å². The van der Waals surface area contributed by atoms with Gasteiger partial charge in [0.05, 0.1) is 18.3 Å². The Balaban J connectivity index is 2.01. The fourth-order valence-electron chi connectivity index (χ4n) is 3.90. The number of nitrogens with zero attached hydrogens (tertiary/aromatic N) is 1. The molecule has 0 aromatic heterocycles. The van der Waals surface area contributed by atoms with Crippen LogP contribution in [-0.4, -0.2) is 60.5 Å². The van der Waals surface area contributed by atoms with Crippen LogP contribution in [0.3, 0.4) is 0 Å². The molecule has 0 radical (unpaired) electrons. The molecule has 0 fully saturated rings. The number of esters is 1. The van der Waals surface area contributed by atoms with Gasteiger partial charge in [0.25, 0.3) is 0 Å². The highest BCUT2D eigenvalue weighted by atomic mass is 32.2. The molecular weight excluding hydrogens is 442 g/mol. The monoisotopic (exact) mass is 479 g/mol. The molecule has 1 aromatic rings. The van der Waals surface area contributed by atoms with Crippen molar-refractivity contribution in [1.82, 2.24) is 5.32 Å². The van der Waals surface area contributed by atoms with E-state index in [0.29, 0.717) is 17.9 Å². The lowest BCUT2D eigenvalue weighted by atomic mass is 10.0. The molecule has 1 aliphatic rings. The Kier molecular flexibility index (Phi) is 12.3. The highest BCUT2D eigenvalue weighted by molar-refractivity contribution is 7.99. The van der Waals surface area contributed by atoms with E-state index in [0.717, 1.165) is 50.0 Å². The van der Waals surface area contributed by atoms with Crippen molar-refractivity contribution in [3.05, 3.63) is 24.3 Å². The maximum atomic E-state index is 13.3. The molecule has 1 unspecified atom stereocenters. The van der Waals surface area contributed by atoms with Crippen molar-refractivity contribution in [3.8, 4) is 0 Å². The summed E-state index contributed by atoms with van der Waals surface area (Å²) in [5.41, 5.74) is 6.11. The molecule has 0 aliphatic carbocycles. The lowest BCUT2D eigenvalue weighted by molar-refractivity contribution is -0.146. The summed E-state index contributed by atoms with van der Waals surface area (Å²) < 4.78 is 5.25. The van der Waals surface area contributed by atoms with E-state index in [-0.39, 0.29) is 18.5 Å². The van der Waals surface area contributed by atoms with Crippen molar-refractivity contribution in [2.75, 3.05) is 30.3 Å². The number of amides is 1. The van der Waals surface area contributed by atoms with Crippen molar-refractivity contribution in [2.24, 2.45) is 5.73 Å². The Morgan fingerprint density at radius 3 is 2.52 bits per heavy atom. The molecule has 1 aliphatic heterocycles. The molecule has 1 aromatic carbocycles. The van der Waals surface area contributed by atoms with Crippen LogP contribution in [0.5, 0.6) is 0 Å². The van der Waals surface area contributed by atoms with E-state index in [4.69, 9.17) is 10.5 Å². The number of hydrogen-bond acceptors (Lipinski definition) is 7. The normalized spacial score (nSPS) is 16.7. The number of carboxylic acid groups (broad SMARTS) is 1. The van der Waals surface area contributed by atoms with E-state index >= 15 is 0 Å². The largest absolute Gasteiger partial charge is 0.480 e. The van der Waals surface area contributed by atoms with Crippen molar-refractivity contribution >= 4 is 35.3 Å². The summed E-state index contributed by atoms with van der Waals surface area (Å²) in [4.78, 5) is 39.5. The summed E-state index contributed by atoms with van der Waals surface area (Å²) in [6, 6.07) is 5.98. The minimum Gasteiger partial charge on any atom is -0.480 e. The van der Waals surface area contributed by atoms with Crippen LogP contribution in [0.2, 0.25) is 0 Å². The Morgan fingerprint density at radius 1 is 1.18 bits per heavy atom. The zero-order chi connectivity index (χ0) is 24.1. The number of carbonyl (C=O) groups is 3. The van der Waals surface area contributed by atoms with Crippen LogP contribution in [-0.2, 0) is 19.1 Å². The highest BCUT2D eigenvalue weighted by Gasteiger charge is 2.34. The second-order valence-corrected chi connectivity index (χ2v) is 9.23. The summed E-state index contributed by atoms with van der Waals surface area (Å²) >= 11 is 1.48. The number of fused-ring (bicyclic) bond motifs is 1. The third-order valence-corrected chi connectivity index (χ3v) is 6.75. The third-order valence-electron chi connectivity index (χ3n) is 5.59. The van der Waals surface area contributed by atoms with Gasteiger partial charge in [-0.25, -0.2) is 0 Å². The Morgan fingerprint density at radius 2 is 1.85 bits per heavy atom. The van der Waals surface area contributed by atoms with Crippen LogP contribution in [0.25, 0.3) is 0 Å². The van der Waals surface area contributed by atoms with Crippen LogP contribution < -0.4 is 16.0 Å². The van der Waals surface area contributed by atoms with E-state index in [1.54, 1.807) is 19.1 Å². The first-order valence-corrected chi connectivity index (χ1v) is 12.8. The van der Waals surface area contributed by atoms with Gasteiger partial charge in [0, 0.05) is 10.6 Å². The molecule has 4 N–H and O–H groups in total. The standard InChI is InChI=1S/C24H37N3O5S/c1-2-32-24(31)18(12-8-6-4-3-5-7-11-15-25)26-19-17-33-21-14-10-9-13-20(21)27(23(19)30)16-22(28)29/h9-10,13-14,18-19,26H,2-8,11-12,15-17,25H2,1H3,(H,28,29)/t18?,19-/m0/s1. The molecule has 0 saturated heterocycles. The highest BCUT2D eigenvalue weighted by Crippen LogP contribution is 2.34. The van der Waals surface area contributed by atoms with Gasteiger partial charge in [0.2, 0.25) is 5.91 Å². The Labute approximate surface area is 200 Å². The predicted molar refractivity (Wildman–Crippen MR) is 130 cm³/mol. The molecule has 33 heavy (non-hydrogen) atoms. The van der Waals surface area contributed by atoms with Gasteiger partial charge < -0.3 is 15.6 Å². The lowest BCUT2D eigenvalue weighted by Gasteiger charge is -2.27. The molecule has 1 heterocycles. The first-order chi connectivity index (χ1) is 16.0. The number of nitrogens with two attached hydrogens (primary N) is 1.